The predicted molar refractivity (Wildman–Crippen MR) is 98.7 cm³/mol. The van der Waals surface area contributed by atoms with Crippen molar-refractivity contribution in [1.82, 2.24) is 5.32 Å². The normalized spacial score (nSPS) is 10.4. The van der Waals surface area contributed by atoms with Gasteiger partial charge in [0.15, 0.2) is 0 Å². The first-order chi connectivity index (χ1) is 11.5. The molecule has 2 aromatic rings. The minimum absolute atomic E-state index is 0.0390. The van der Waals surface area contributed by atoms with E-state index in [2.05, 4.69) is 36.5 Å². The first-order valence-corrected chi connectivity index (χ1v) is 9.35. The van der Waals surface area contributed by atoms with Gasteiger partial charge in [-0.3, -0.25) is 14.9 Å². The van der Waals surface area contributed by atoms with E-state index in [4.69, 9.17) is 0 Å². The Morgan fingerprint density at radius 2 is 1.62 bits per heavy atom. The lowest BCUT2D eigenvalue weighted by molar-refractivity contribution is -0.384. The second kappa shape index (κ2) is 9.34. The van der Waals surface area contributed by atoms with Gasteiger partial charge in [0.25, 0.3) is 5.69 Å². The number of thioether (sulfide) groups is 2. The molecular formula is C17H18N2O3S2. The molecule has 5 nitrogen and oxygen atoms in total. The van der Waals surface area contributed by atoms with E-state index in [1.165, 1.54) is 34.4 Å². The number of carbonyl (C=O) groups is 1. The summed E-state index contributed by atoms with van der Waals surface area (Å²) in [6.07, 6.45) is 0. The summed E-state index contributed by atoms with van der Waals surface area (Å²) in [6.45, 7) is 2.66. The SMILES string of the molecule is Cc1ccc(SCCNC(=O)CSc2ccc([N+](=O)[O-])cc2)cc1. The Kier molecular flexibility index (Phi) is 7.14. The van der Waals surface area contributed by atoms with Crippen molar-refractivity contribution in [1.29, 1.82) is 0 Å². The number of nitrogens with one attached hydrogen (secondary N) is 1. The van der Waals surface area contributed by atoms with Crippen LogP contribution in [0.4, 0.5) is 5.69 Å². The maximum absolute atomic E-state index is 11.8. The van der Waals surface area contributed by atoms with Crippen molar-refractivity contribution in [2.75, 3.05) is 18.1 Å². The van der Waals surface area contributed by atoms with Crippen molar-refractivity contribution < 1.29 is 9.72 Å². The molecular weight excluding hydrogens is 344 g/mol. The number of non-ortho nitro benzene ring substituents is 1. The maximum Gasteiger partial charge on any atom is 0.269 e. The van der Waals surface area contributed by atoms with Crippen LogP contribution in [0, 0.1) is 17.0 Å². The highest BCUT2D eigenvalue weighted by Crippen LogP contribution is 2.21. The lowest BCUT2D eigenvalue weighted by Gasteiger charge is -2.05. The quantitative estimate of drug-likeness (QED) is 0.334. The van der Waals surface area contributed by atoms with Gasteiger partial charge in [-0.25, -0.2) is 0 Å². The standard InChI is InChI=1S/C17H18N2O3S2/c1-13-2-6-15(7-3-13)23-11-10-18-17(20)12-24-16-8-4-14(5-9-16)19(21)22/h2-9H,10-12H2,1H3,(H,18,20). The summed E-state index contributed by atoms with van der Waals surface area (Å²) in [4.78, 5) is 24.0. The van der Waals surface area contributed by atoms with E-state index in [-0.39, 0.29) is 11.6 Å². The van der Waals surface area contributed by atoms with Gasteiger partial charge in [0.05, 0.1) is 10.7 Å². The highest BCUT2D eigenvalue weighted by atomic mass is 32.2. The van der Waals surface area contributed by atoms with E-state index in [9.17, 15) is 14.9 Å². The van der Waals surface area contributed by atoms with E-state index in [0.717, 1.165) is 10.6 Å². The lowest BCUT2D eigenvalue weighted by Crippen LogP contribution is -2.27. The Labute approximate surface area is 149 Å². The van der Waals surface area contributed by atoms with E-state index < -0.39 is 4.92 Å². The molecule has 0 spiro atoms. The number of nitro benzene ring substituents is 1. The van der Waals surface area contributed by atoms with E-state index >= 15 is 0 Å². The highest BCUT2D eigenvalue weighted by Gasteiger charge is 2.06. The van der Waals surface area contributed by atoms with Crippen molar-refractivity contribution in [3.63, 3.8) is 0 Å². The van der Waals surface area contributed by atoms with Crippen LogP contribution in [0.25, 0.3) is 0 Å². The number of nitro groups is 1. The molecule has 0 radical (unpaired) electrons. The Morgan fingerprint density at radius 1 is 1.04 bits per heavy atom. The zero-order valence-corrected chi connectivity index (χ0v) is 14.9. The van der Waals surface area contributed by atoms with Gasteiger partial charge in [0.1, 0.15) is 0 Å². The lowest BCUT2D eigenvalue weighted by atomic mass is 10.2. The molecule has 0 unspecified atom stereocenters. The minimum Gasteiger partial charge on any atom is -0.355 e. The molecule has 0 aliphatic heterocycles. The molecule has 0 atom stereocenters. The third-order valence-corrected chi connectivity index (χ3v) is 5.16. The highest BCUT2D eigenvalue weighted by molar-refractivity contribution is 8.00. The molecule has 0 saturated heterocycles. The van der Waals surface area contributed by atoms with Gasteiger partial charge in [0.2, 0.25) is 5.91 Å². The van der Waals surface area contributed by atoms with Crippen molar-refractivity contribution in [2.24, 2.45) is 0 Å². The van der Waals surface area contributed by atoms with Gasteiger partial charge in [0, 0.05) is 34.2 Å². The number of nitrogens with zero attached hydrogens (tertiary/aromatic N) is 1. The average Bonchev–Trinajstić information content (AvgIpc) is 2.59. The Balaban J connectivity index is 1.64. The Morgan fingerprint density at radius 3 is 2.25 bits per heavy atom. The number of carbonyl (C=O) groups excluding carboxylic acids is 1. The van der Waals surface area contributed by atoms with E-state index in [1.54, 1.807) is 23.9 Å². The van der Waals surface area contributed by atoms with Crippen LogP contribution >= 0.6 is 23.5 Å². The van der Waals surface area contributed by atoms with Crippen molar-refractivity contribution in [3.05, 3.63) is 64.2 Å². The minimum atomic E-state index is -0.438. The fraction of sp³-hybridized carbons (Fsp3) is 0.235. The average molecular weight is 362 g/mol. The van der Waals surface area contributed by atoms with Gasteiger partial charge < -0.3 is 5.32 Å². The van der Waals surface area contributed by atoms with E-state index in [0.29, 0.717) is 12.3 Å². The number of rotatable bonds is 8. The number of hydrogen-bond acceptors (Lipinski definition) is 5. The zero-order valence-electron chi connectivity index (χ0n) is 13.2. The largest absolute Gasteiger partial charge is 0.355 e. The molecule has 0 fully saturated rings. The molecule has 2 rings (SSSR count). The van der Waals surface area contributed by atoms with Crippen LogP contribution in [0.1, 0.15) is 5.56 Å². The molecule has 1 amide bonds. The number of aryl methyl sites for hydroxylation is 1. The molecule has 126 valence electrons. The summed E-state index contributed by atoms with van der Waals surface area (Å²) in [5.41, 5.74) is 1.29. The fourth-order valence-electron chi connectivity index (χ4n) is 1.86. The second-order valence-corrected chi connectivity index (χ2v) is 7.27. The molecule has 24 heavy (non-hydrogen) atoms. The summed E-state index contributed by atoms with van der Waals surface area (Å²) in [6, 6.07) is 14.5. The third-order valence-electron chi connectivity index (χ3n) is 3.13. The van der Waals surface area contributed by atoms with Gasteiger partial charge in [-0.05, 0) is 31.2 Å². The molecule has 1 N–H and O–H groups in total. The first kappa shape index (κ1) is 18.4. The molecule has 2 aromatic carbocycles. The topological polar surface area (TPSA) is 72.2 Å². The van der Waals surface area contributed by atoms with Crippen molar-refractivity contribution in [2.45, 2.75) is 16.7 Å². The summed E-state index contributed by atoms with van der Waals surface area (Å²) < 4.78 is 0. The third kappa shape index (κ3) is 6.25. The van der Waals surface area contributed by atoms with Gasteiger partial charge >= 0.3 is 0 Å². The van der Waals surface area contributed by atoms with Crippen LogP contribution < -0.4 is 5.32 Å². The maximum atomic E-state index is 11.8. The molecule has 0 heterocycles. The molecule has 0 saturated carbocycles. The molecule has 0 aliphatic rings. The fourth-order valence-corrected chi connectivity index (χ4v) is 3.35. The number of benzene rings is 2. The van der Waals surface area contributed by atoms with Crippen LogP contribution in [0.5, 0.6) is 0 Å². The predicted octanol–water partition coefficient (Wildman–Crippen LogP) is 3.90. The Bertz CT molecular complexity index is 688. The van der Waals surface area contributed by atoms with Crippen LogP contribution in [0.3, 0.4) is 0 Å². The second-order valence-electron chi connectivity index (χ2n) is 5.05. The monoisotopic (exact) mass is 362 g/mol. The smallest absolute Gasteiger partial charge is 0.269 e. The molecule has 0 aromatic heterocycles. The molecule has 0 bridgehead atoms. The number of hydrogen-bond donors (Lipinski definition) is 1. The number of amides is 1. The van der Waals surface area contributed by atoms with E-state index in [1.807, 2.05) is 0 Å². The van der Waals surface area contributed by atoms with Crippen molar-refractivity contribution >= 4 is 35.1 Å². The summed E-state index contributed by atoms with van der Waals surface area (Å²) >= 11 is 3.07. The van der Waals surface area contributed by atoms with Crippen LogP contribution in [0.2, 0.25) is 0 Å². The van der Waals surface area contributed by atoms with Gasteiger partial charge in [-0.15, -0.1) is 23.5 Å². The van der Waals surface area contributed by atoms with Gasteiger partial charge in [-0.2, -0.15) is 0 Å². The van der Waals surface area contributed by atoms with Crippen LogP contribution in [0.15, 0.2) is 58.3 Å². The molecule has 0 aliphatic carbocycles. The van der Waals surface area contributed by atoms with Gasteiger partial charge in [-0.1, -0.05) is 17.7 Å². The van der Waals surface area contributed by atoms with Crippen LogP contribution in [-0.2, 0) is 4.79 Å². The molecule has 7 heteroatoms. The van der Waals surface area contributed by atoms with Crippen LogP contribution in [-0.4, -0.2) is 28.9 Å². The first-order valence-electron chi connectivity index (χ1n) is 7.38. The summed E-state index contributed by atoms with van der Waals surface area (Å²) in [5.74, 6) is 1.08. The summed E-state index contributed by atoms with van der Waals surface area (Å²) in [5, 5.41) is 13.5. The van der Waals surface area contributed by atoms with Crippen molar-refractivity contribution in [3.8, 4) is 0 Å². The Hall–Kier alpha value is -1.99. The zero-order chi connectivity index (χ0) is 17.4. The summed E-state index contributed by atoms with van der Waals surface area (Å²) in [7, 11) is 0.